The molecule has 0 aliphatic rings. The van der Waals surface area contributed by atoms with Crippen LogP contribution in [-0.2, 0) is 6.18 Å². The van der Waals surface area contributed by atoms with Crippen LogP contribution in [0.3, 0.4) is 0 Å². The molecular weight excluding hydrogens is 273 g/mol. The van der Waals surface area contributed by atoms with E-state index in [2.05, 4.69) is 10.2 Å². The molecule has 2 rings (SSSR count). The van der Waals surface area contributed by atoms with Crippen molar-refractivity contribution in [3.63, 3.8) is 0 Å². The predicted molar refractivity (Wildman–Crippen MR) is 66.4 cm³/mol. The number of nitrogens with zero attached hydrogens (tertiary/aromatic N) is 2. The molecule has 0 aliphatic heterocycles. The van der Waals surface area contributed by atoms with Crippen molar-refractivity contribution >= 4 is 0 Å². The first-order valence-electron chi connectivity index (χ1n) is 5.95. The molecule has 0 amide bonds. The van der Waals surface area contributed by atoms with Crippen molar-refractivity contribution in [3.05, 3.63) is 46.1 Å². The molecule has 3 N–H and O–H groups in total. The molecule has 1 atom stereocenters. The molecular formula is C12H13F3N4O. The fourth-order valence-electron chi connectivity index (χ4n) is 1.81. The third kappa shape index (κ3) is 2.60. The van der Waals surface area contributed by atoms with E-state index in [0.29, 0.717) is 6.42 Å². The highest BCUT2D eigenvalue weighted by atomic mass is 19.4. The fourth-order valence-corrected chi connectivity index (χ4v) is 1.81. The van der Waals surface area contributed by atoms with Crippen LogP contribution in [0.5, 0.6) is 0 Å². The molecule has 1 heterocycles. The predicted octanol–water partition coefficient (Wildman–Crippen LogP) is 1.99. The van der Waals surface area contributed by atoms with Crippen LogP contribution in [0.15, 0.2) is 29.1 Å². The van der Waals surface area contributed by atoms with Gasteiger partial charge in [-0.05, 0) is 24.6 Å². The third-order valence-corrected chi connectivity index (χ3v) is 2.90. The minimum atomic E-state index is -4.48. The summed E-state index contributed by atoms with van der Waals surface area (Å²) >= 11 is 0. The van der Waals surface area contributed by atoms with Gasteiger partial charge in [-0.3, -0.25) is 0 Å². The van der Waals surface area contributed by atoms with E-state index in [0.717, 1.165) is 16.7 Å². The molecule has 0 bridgehead atoms. The summed E-state index contributed by atoms with van der Waals surface area (Å²) in [5, 5.41) is 5.98. The largest absolute Gasteiger partial charge is 0.416 e. The lowest BCUT2D eigenvalue weighted by Crippen LogP contribution is -2.22. The van der Waals surface area contributed by atoms with Gasteiger partial charge < -0.3 is 5.73 Å². The second-order valence-electron chi connectivity index (χ2n) is 4.29. The summed E-state index contributed by atoms with van der Waals surface area (Å²) in [6, 6.07) is 3.93. The fraction of sp³-hybridized carbons (Fsp3) is 0.333. The van der Waals surface area contributed by atoms with E-state index in [1.165, 1.54) is 12.1 Å². The number of nitrogens with two attached hydrogens (primary N) is 1. The van der Waals surface area contributed by atoms with Crippen molar-refractivity contribution < 1.29 is 13.2 Å². The first-order chi connectivity index (χ1) is 9.34. The average Bonchev–Trinajstić information content (AvgIpc) is 2.79. The number of alkyl halides is 3. The second-order valence-corrected chi connectivity index (χ2v) is 4.29. The normalized spacial score (nSPS) is 13.4. The van der Waals surface area contributed by atoms with E-state index >= 15 is 0 Å². The number of H-pyrrole nitrogens is 1. The number of halogens is 3. The van der Waals surface area contributed by atoms with E-state index < -0.39 is 23.5 Å². The number of hydrogen-bond donors (Lipinski definition) is 2. The maximum Gasteiger partial charge on any atom is 0.416 e. The highest BCUT2D eigenvalue weighted by Crippen LogP contribution is 2.30. The zero-order chi connectivity index (χ0) is 14.9. The molecule has 0 spiro atoms. The van der Waals surface area contributed by atoms with Crippen LogP contribution in [0, 0.1) is 0 Å². The van der Waals surface area contributed by atoms with Crippen LogP contribution in [0.4, 0.5) is 13.2 Å². The standard InChI is InChI=1S/C12H13F3N4O/c1-2-9(16)10-17-18-11(20)19(10)8-5-3-4-7(6-8)12(13,14)15/h3-6,9H,2,16H2,1H3,(H,18,20). The van der Waals surface area contributed by atoms with Crippen LogP contribution in [-0.4, -0.2) is 14.8 Å². The minimum absolute atomic E-state index is 0.0810. The molecule has 8 heteroatoms. The molecule has 0 aliphatic carbocycles. The van der Waals surface area contributed by atoms with E-state index in [9.17, 15) is 18.0 Å². The van der Waals surface area contributed by atoms with Gasteiger partial charge in [0.15, 0.2) is 5.82 Å². The number of aromatic amines is 1. The minimum Gasteiger partial charge on any atom is -0.321 e. The number of rotatable bonds is 3. The number of benzene rings is 1. The van der Waals surface area contributed by atoms with Gasteiger partial charge in [-0.25, -0.2) is 14.5 Å². The van der Waals surface area contributed by atoms with Gasteiger partial charge in [0.2, 0.25) is 0 Å². The van der Waals surface area contributed by atoms with Crippen molar-refractivity contribution in [1.82, 2.24) is 14.8 Å². The molecule has 0 radical (unpaired) electrons. The molecule has 1 aromatic carbocycles. The van der Waals surface area contributed by atoms with Crippen LogP contribution in [0.1, 0.15) is 30.8 Å². The summed E-state index contributed by atoms with van der Waals surface area (Å²) < 4.78 is 39.2. The van der Waals surface area contributed by atoms with Gasteiger partial charge in [0.05, 0.1) is 17.3 Å². The van der Waals surface area contributed by atoms with E-state index in [4.69, 9.17) is 5.73 Å². The lowest BCUT2D eigenvalue weighted by atomic mass is 10.1. The molecule has 20 heavy (non-hydrogen) atoms. The number of nitrogens with one attached hydrogen (secondary N) is 1. The summed E-state index contributed by atoms with van der Waals surface area (Å²) in [7, 11) is 0. The molecule has 2 aromatic rings. The van der Waals surface area contributed by atoms with Crippen LogP contribution >= 0.6 is 0 Å². The topological polar surface area (TPSA) is 76.7 Å². The summed E-state index contributed by atoms with van der Waals surface area (Å²) in [6.07, 6.45) is -3.97. The third-order valence-electron chi connectivity index (χ3n) is 2.90. The van der Waals surface area contributed by atoms with Crippen LogP contribution in [0.2, 0.25) is 0 Å². The Labute approximate surface area is 112 Å². The Balaban J connectivity index is 2.58. The quantitative estimate of drug-likeness (QED) is 0.906. The summed E-state index contributed by atoms with van der Waals surface area (Å²) in [4.78, 5) is 11.7. The zero-order valence-electron chi connectivity index (χ0n) is 10.6. The monoisotopic (exact) mass is 286 g/mol. The first-order valence-corrected chi connectivity index (χ1v) is 5.95. The van der Waals surface area contributed by atoms with E-state index in [-0.39, 0.29) is 11.5 Å². The van der Waals surface area contributed by atoms with Crippen molar-refractivity contribution in [2.24, 2.45) is 5.73 Å². The van der Waals surface area contributed by atoms with E-state index in [1.807, 2.05) is 0 Å². The Morgan fingerprint density at radius 2 is 2.15 bits per heavy atom. The Morgan fingerprint density at radius 3 is 2.75 bits per heavy atom. The smallest absolute Gasteiger partial charge is 0.321 e. The molecule has 1 unspecified atom stereocenters. The Morgan fingerprint density at radius 1 is 1.45 bits per heavy atom. The van der Waals surface area contributed by atoms with Crippen molar-refractivity contribution in [1.29, 1.82) is 0 Å². The maximum atomic E-state index is 12.7. The molecule has 0 saturated carbocycles. The van der Waals surface area contributed by atoms with Crippen molar-refractivity contribution in [2.75, 3.05) is 0 Å². The van der Waals surface area contributed by atoms with E-state index in [1.54, 1.807) is 6.92 Å². The maximum absolute atomic E-state index is 12.7. The Hall–Kier alpha value is -2.09. The van der Waals surface area contributed by atoms with Gasteiger partial charge in [-0.2, -0.15) is 18.3 Å². The summed E-state index contributed by atoms with van der Waals surface area (Å²) in [6.45, 7) is 1.79. The highest BCUT2D eigenvalue weighted by molar-refractivity contribution is 5.38. The molecule has 5 nitrogen and oxygen atoms in total. The van der Waals surface area contributed by atoms with Gasteiger partial charge >= 0.3 is 11.9 Å². The molecule has 108 valence electrons. The SMILES string of the molecule is CCC(N)c1n[nH]c(=O)n1-c1cccc(C(F)(F)F)c1. The molecule has 1 aromatic heterocycles. The van der Waals surface area contributed by atoms with Crippen molar-refractivity contribution in [3.8, 4) is 5.69 Å². The van der Waals surface area contributed by atoms with Crippen molar-refractivity contribution in [2.45, 2.75) is 25.6 Å². The Kier molecular flexibility index (Phi) is 3.67. The summed E-state index contributed by atoms with van der Waals surface area (Å²) in [5.41, 5.74) is 4.43. The summed E-state index contributed by atoms with van der Waals surface area (Å²) in [5.74, 6) is 0.205. The second kappa shape index (κ2) is 5.12. The molecule has 0 saturated heterocycles. The zero-order valence-corrected chi connectivity index (χ0v) is 10.6. The number of aromatic nitrogens is 3. The first kappa shape index (κ1) is 14.3. The lowest BCUT2D eigenvalue weighted by molar-refractivity contribution is -0.137. The van der Waals surface area contributed by atoms with Gasteiger partial charge in [-0.1, -0.05) is 13.0 Å². The Bertz CT molecular complexity index is 659. The van der Waals surface area contributed by atoms with Gasteiger partial charge in [0, 0.05) is 0 Å². The van der Waals surface area contributed by atoms with Crippen LogP contribution in [0.25, 0.3) is 5.69 Å². The highest BCUT2D eigenvalue weighted by Gasteiger charge is 2.31. The van der Waals surface area contributed by atoms with Crippen LogP contribution < -0.4 is 11.4 Å². The average molecular weight is 286 g/mol. The number of hydrogen-bond acceptors (Lipinski definition) is 3. The van der Waals surface area contributed by atoms with Gasteiger partial charge in [-0.15, -0.1) is 0 Å². The lowest BCUT2D eigenvalue weighted by Gasteiger charge is -2.12. The molecule has 0 fully saturated rings. The van der Waals surface area contributed by atoms with Gasteiger partial charge in [0.25, 0.3) is 0 Å². The van der Waals surface area contributed by atoms with Gasteiger partial charge in [0.1, 0.15) is 0 Å².